The molecule has 0 aliphatic heterocycles. The summed E-state index contributed by atoms with van der Waals surface area (Å²) in [5.74, 6) is 1.58. The molecule has 4 heteroatoms. The van der Waals surface area contributed by atoms with E-state index in [1.54, 1.807) is 0 Å². The maximum absolute atomic E-state index is 5.89. The molecule has 17 heavy (non-hydrogen) atoms. The van der Waals surface area contributed by atoms with E-state index < -0.39 is 0 Å². The number of hydrogen-bond donors (Lipinski definition) is 2. The fourth-order valence-electron chi connectivity index (χ4n) is 2.20. The van der Waals surface area contributed by atoms with Crippen molar-refractivity contribution in [3.05, 3.63) is 18.2 Å². The van der Waals surface area contributed by atoms with E-state index in [9.17, 15) is 0 Å². The number of pyridine rings is 1. The third kappa shape index (κ3) is 3.60. The van der Waals surface area contributed by atoms with Crippen molar-refractivity contribution in [3.8, 4) is 5.88 Å². The highest BCUT2D eigenvalue weighted by atomic mass is 16.5. The quantitative estimate of drug-likeness (QED) is 0.839. The highest BCUT2D eigenvalue weighted by Gasteiger charge is 2.18. The number of anilines is 1. The van der Waals surface area contributed by atoms with Crippen LogP contribution in [0.4, 0.5) is 5.82 Å². The van der Waals surface area contributed by atoms with Gasteiger partial charge in [-0.2, -0.15) is 4.98 Å². The van der Waals surface area contributed by atoms with Gasteiger partial charge in [0, 0.05) is 18.2 Å². The summed E-state index contributed by atoms with van der Waals surface area (Å²) in [5.41, 5.74) is 5.89. The van der Waals surface area contributed by atoms with Gasteiger partial charge in [0.05, 0.1) is 6.61 Å². The van der Waals surface area contributed by atoms with E-state index in [4.69, 9.17) is 10.5 Å². The molecule has 0 amide bonds. The van der Waals surface area contributed by atoms with Gasteiger partial charge in [0.2, 0.25) is 5.88 Å². The zero-order valence-corrected chi connectivity index (χ0v) is 10.4. The molecule has 4 nitrogen and oxygen atoms in total. The van der Waals surface area contributed by atoms with Gasteiger partial charge in [0.1, 0.15) is 5.82 Å². The molecule has 2 rings (SSSR count). The lowest BCUT2D eigenvalue weighted by Crippen LogP contribution is -2.33. The lowest BCUT2D eigenvalue weighted by Gasteiger charge is -2.27. The molecule has 1 aliphatic rings. The fraction of sp³-hybridized carbons (Fsp3) is 0.615. The van der Waals surface area contributed by atoms with Gasteiger partial charge in [-0.1, -0.05) is 6.07 Å². The van der Waals surface area contributed by atoms with Gasteiger partial charge in [-0.3, -0.25) is 0 Å². The Morgan fingerprint density at radius 1 is 1.35 bits per heavy atom. The molecular formula is C13H21N3O. The molecule has 0 bridgehead atoms. The summed E-state index contributed by atoms with van der Waals surface area (Å²) >= 11 is 0. The number of nitrogens with one attached hydrogen (secondary N) is 1. The van der Waals surface area contributed by atoms with E-state index in [0.29, 0.717) is 24.6 Å². The number of aromatic nitrogens is 1. The number of nitrogens with zero attached hydrogens (tertiary/aromatic N) is 1. The Morgan fingerprint density at radius 2 is 2.12 bits per heavy atom. The smallest absolute Gasteiger partial charge is 0.215 e. The van der Waals surface area contributed by atoms with Crippen molar-refractivity contribution < 1.29 is 4.74 Å². The summed E-state index contributed by atoms with van der Waals surface area (Å²) in [6, 6.07) is 6.71. The molecule has 0 aromatic carbocycles. The van der Waals surface area contributed by atoms with Crippen molar-refractivity contribution in [2.45, 2.75) is 44.7 Å². The molecule has 0 unspecified atom stereocenters. The van der Waals surface area contributed by atoms with Crippen molar-refractivity contribution in [2.75, 3.05) is 11.9 Å². The monoisotopic (exact) mass is 235 g/mol. The average Bonchev–Trinajstić information content (AvgIpc) is 2.33. The molecule has 3 N–H and O–H groups in total. The van der Waals surface area contributed by atoms with Crippen LogP contribution in [-0.2, 0) is 0 Å². The van der Waals surface area contributed by atoms with Crippen LogP contribution in [0, 0.1) is 0 Å². The molecule has 1 aromatic rings. The maximum Gasteiger partial charge on any atom is 0.215 e. The predicted octanol–water partition coefficient (Wildman–Crippen LogP) is 2.16. The van der Waals surface area contributed by atoms with Gasteiger partial charge < -0.3 is 15.8 Å². The van der Waals surface area contributed by atoms with Crippen molar-refractivity contribution in [2.24, 2.45) is 5.73 Å². The van der Waals surface area contributed by atoms with Crippen LogP contribution < -0.4 is 15.8 Å². The minimum Gasteiger partial charge on any atom is -0.478 e. The van der Waals surface area contributed by atoms with Gasteiger partial charge in [-0.05, 0) is 38.7 Å². The Morgan fingerprint density at radius 3 is 2.82 bits per heavy atom. The molecule has 94 valence electrons. The van der Waals surface area contributed by atoms with Gasteiger partial charge in [-0.25, -0.2) is 0 Å². The van der Waals surface area contributed by atoms with Crippen LogP contribution in [0.3, 0.4) is 0 Å². The lowest BCUT2D eigenvalue weighted by atomic mass is 9.92. The van der Waals surface area contributed by atoms with Crippen LogP contribution in [0.2, 0.25) is 0 Å². The summed E-state index contributed by atoms with van der Waals surface area (Å²) in [6.07, 6.45) is 4.45. The molecular weight excluding hydrogens is 214 g/mol. The second kappa shape index (κ2) is 5.87. The van der Waals surface area contributed by atoms with E-state index in [-0.39, 0.29) is 0 Å². The highest BCUT2D eigenvalue weighted by molar-refractivity contribution is 5.38. The van der Waals surface area contributed by atoms with E-state index in [1.807, 2.05) is 25.1 Å². The van der Waals surface area contributed by atoms with Crippen LogP contribution in [0.15, 0.2) is 18.2 Å². The normalized spacial score (nSPS) is 24.4. The molecule has 0 atom stereocenters. The molecule has 1 fully saturated rings. The first-order valence-corrected chi connectivity index (χ1v) is 6.40. The van der Waals surface area contributed by atoms with Crippen LogP contribution in [0.1, 0.15) is 32.6 Å². The van der Waals surface area contributed by atoms with Crippen molar-refractivity contribution >= 4 is 5.82 Å². The number of rotatable bonds is 4. The lowest BCUT2D eigenvalue weighted by molar-refractivity contribution is 0.327. The molecule has 0 spiro atoms. The van der Waals surface area contributed by atoms with Crippen LogP contribution >= 0.6 is 0 Å². The predicted molar refractivity (Wildman–Crippen MR) is 69.3 cm³/mol. The molecule has 1 heterocycles. The minimum absolute atomic E-state index is 0.385. The Balaban J connectivity index is 1.91. The van der Waals surface area contributed by atoms with E-state index >= 15 is 0 Å². The van der Waals surface area contributed by atoms with Crippen LogP contribution in [0.25, 0.3) is 0 Å². The molecule has 1 aliphatic carbocycles. The molecule has 1 aromatic heterocycles. The fourth-order valence-corrected chi connectivity index (χ4v) is 2.20. The third-order valence-corrected chi connectivity index (χ3v) is 3.14. The first kappa shape index (κ1) is 12.2. The molecule has 0 radical (unpaired) electrons. The zero-order chi connectivity index (χ0) is 12.1. The standard InChI is InChI=1S/C13H21N3O/c1-2-17-13-5-3-4-12(16-13)15-11-8-6-10(14)7-9-11/h3-5,10-11H,2,6-9,14H2,1H3,(H,15,16). The van der Waals surface area contributed by atoms with Crippen LogP contribution in [0.5, 0.6) is 5.88 Å². The maximum atomic E-state index is 5.89. The van der Waals surface area contributed by atoms with Crippen LogP contribution in [-0.4, -0.2) is 23.7 Å². The Hall–Kier alpha value is -1.29. The van der Waals surface area contributed by atoms with E-state index in [1.165, 1.54) is 0 Å². The summed E-state index contributed by atoms with van der Waals surface area (Å²) in [5, 5.41) is 3.45. The van der Waals surface area contributed by atoms with Gasteiger partial charge in [0.15, 0.2) is 0 Å². The van der Waals surface area contributed by atoms with Gasteiger partial charge >= 0.3 is 0 Å². The summed E-state index contributed by atoms with van der Waals surface area (Å²) in [4.78, 5) is 4.41. The Kier molecular flexibility index (Phi) is 4.20. The number of nitrogens with two attached hydrogens (primary N) is 1. The summed E-state index contributed by atoms with van der Waals surface area (Å²) in [7, 11) is 0. The van der Waals surface area contributed by atoms with Crippen molar-refractivity contribution in [1.82, 2.24) is 4.98 Å². The van der Waals surface area contributed by atoms with Crippen molar-refractivity contribution in [3.63, 3.8) is 0 Å². The Labute approximate surface area is 103 Å². The number of hydrogen-bond acceptors (Lipinski definition) is 4. The van der Waals surface area contributed by atoms with Gasteiger partial charge in [0.25, 0.3) is 0 Å². The van der Waals surface area contributed by atoms with Crippen molar-refractivity contribution in [1.29, 1.82) is 0 Å². The highest BCUT2D eigenvalue weighted by Crippen LogP contribution is 2.21. The molecule has 0 saturated heterocycles. The largest absolute Gasteiger partial charge is 0.478 e. The minimum atomic E-state index is 0.385. The zero-order valence-electron chi connectivity index (χ0n) is 10.4. The second-order valence-electron chi connectivity index (χ2n) is 4.55. The summed E-state index contributed by atoms with van der Waals surface area (Å²) in [6.45, 7) is 2.61. The SMILES string of the molecule is CCOc1cccc(NC2CCC(N)CC2)n1. The summed E-state index contributed by atoms with van der Waals surface area (Å²) < 4.78 is 5.38. The first-order valence-electron chi connectivity index (χ1n) is 6.40. The van der Waals surface area contributed by atoms with E-state index in [2.05, 4.69) is 10.3 Å². The van der Waals surface area contributed by atoms with Gasteiger partial charge in [-0.15, -0.1) is 0 Å². The second-order valence-corrected chi connectivity index (χ2v) is 4.55. The average molecular weight is 235 g/mol. The molecule has 1 saturated carbocycles. The Bertz CT molecular complexity index is 348. The topological polar surface area (TPSA) is 60.2 Å². The first-order chi connectivity index (χ1) is 8.28. The third-order valence-electron chi connectivity index (χ3n) is 3.14. The number of ether oxygens (including phenoxy) is 1. The van der Waals surface area contributed by atoms with E-state index in [0.717, 1.165) is 31.5 Å².